The number of aromatic nitrogens is 2. The Kier molecular flexibility index (Phi) is 3.12. The number of anilines is 1. The highest BCUT2D eigenvalue weighted by atomic mass is 16.2. The maximum absolute atomic E-state index is 12.1. The van der Waals surface area contributed by atoms with Crippen LogP contribution in [0.1, 0.15) is 36.5 Å². The molecule has 0 spiro atoms. The maximum Gasteiger partial charge on any atom is 0.259 e. The highest BCUT2D eigenvalue weighted by molar-refractivity contribution is 5.98. The summed E-state index contributed by atoms with van der Waals surface area (Å²) in [6, 6.07) is 0. The van der Waals surface area contributed by atoms with Gasteiger partial charge in [-0.05, 0) is 25.2 Å². The molecule has 0 radical (unpaired) electrons. The van der Waals surface area contributed by atoms with E-state index in [0.29, 0.717) is 17.3 Å². The van der Waals surface area contributed by atoms with Crippen molar-refractivity contribution in [1.29, 1.82) is 0 Å². The van der Waals surface area contributed by atoms with Crippen LogP contribution in [0.15, 0.2) is 6.20 Å². The molecule has 1 aliphatic rings. The van der Waals surface area contributed by atoms with E-state index in [1.54, 1.807) is 0 Å². The second-order valence-electron chi connectivity index (χ2n) is 4.53. The maximum atomic E-state index is 12.1. The van der Waals surface area contributed by atoms with Gasteiger partial charge in [0.2, 0.25) is 0 Å². The molecule has 2 heterocycles. The summed E-state index contributed by atoms with van der Waals surface area (Å²) in [7, 11) is 0. The van der Waals surface area contributed by atoms with Crippen LogP contribution in [0.3, 0.4) is 0 Å². The molecule has 1 unspecified atom stereocenters. The number of nitrogen functional groups attached to an aromatic ring is 1. The lowest BCUT2D eigenvalue weighted by atomic mass is 10.0. The van der Waals surface area contributed by atoms with Crippen molar-refractivity contribution in [2.45, 2.75) is 26.2 Å². The first-order chi connectivity index (χ1) is 7.68. The second kappa shape index (κ2) is 4.55. The van der Waals surface area contributed by atoms with Gasteiger partial charge in [0.15, 0.2) is 0 Å². The van der Waals surface area contributed by atoms with Gasteiger partial charge in [-0.3, -0.25) is 9.89 Å². The van der Waals surface area contributed by atoms with Crippen LogP contribution in [-0.4, -0.2) is 34.1 Å². The number of carbonyl (C=O) groups is 1. The average molecular weight is 222 g/mol. The summed E-state index contributed by atoms with van der Waals surface area (Å²) in [6.45, 7) is 3.89. The largest absolute Gasteiger partial charge is 0.383 e. The Bertz CT molecular complexity index is 374. The molecular formula is C11H18N4O. The second-order valence-corrected chi connectivity index (χ2v) is 4.53. The van der Waals surface area contributed by atoms with E-state index in [4.69, 9.17) is 5.73 Å². The summed E-state index contributed by atoms with van der Waals surface area (Å²) in [4.78, 5) is 14.0. The minimum absolute atomic E-state index is 0.000324. The van der Waals surface area contributed by atoms with E-state index in [1.807, 2.05) is 4.90 Å². The number of hydrogen-bond donors (Lipinski definition) is 2. The molecule has 5 heteroatoms. The van der Waals surface area contributed by atoms with E-state index in [9.17, 15) is 4.79 Å². The molecule has 1 fully saturated rings. The summed E-state index contributed by atoms with van der Waals surface area (Å²) in [5.74, 6) is 1.07. The Morgan fingerprint density at radius 3 is 3.06 bits per heavy atom. The number of rotatable bonds is 1. The van der Waals surface area contributed by atoms with Crippen molar-refractivity contribution in [3.05, 3.63) is 11.8 Å². The van der Waals surface area contributed by atoms with Gasteiger partial charge >= 0.3 is 0 Å². The Balaban J connectivity index is 2.07. The van der Waals surface area contributed by atoms with Crippen molar-refractivity contribution in [2.75, 3.05) is 18.8 Å². The summed E-state index contributed by atoms with van der Waals surface area (Å²) in [5.41, 5.74) is 6.14. The lowest BCUT2D eigenvalue weighted by Gasteiger charge is -2.19. The fraction of sp³-hybridized carbons (Fsp3) is 0.636. The quantitative estimate of drug-likeness (QED) is 0.751. The Hall–Kier alpha value is -1.52. The van der Waals surface area contributed by atoms with E-state index in [1.165, 1.54) is 12.6 Å². The highest BCUT2D eigenvalue weighted by Gasteiger charge is 2.22. The first-order valence-electron chi connectivity index (χ1n) is 5.76. The Labute approximate surface area is 95.0 Å². The molecule has 0 saturated carbocycles. The molecule has 1 aromatic heterocycles. The first kappa shape index (κ1) is 11.0. The van der Waals surface area contributed by atoms with Crippen molar-refractivity contribution in [2.24, 2.45) is 5.92 Å². The van der Waals surface area contributed by atoms with Crippen LogP contribution < -0.4 is 5.73 Å². The molecule has 1 saturated heterocycles. The number of nitrogens with two attached hydrogens (primary N) is 1. The number of carbonyl (C=O) groups excluding carboxylic acids is 1. The lowest BCUT2D eigenvalue weighted by Crippen LogP contribution is -2.32. The lowest BCUT2D eigenvalue weighted by molar-refractivity contribution is 0.0761. The molecule has 3 N–H and O–H groups in total. The zero-order chi connectivity index (χ0) is 11.5. The minimum atomic E-state index is 0.000324. The van der Waals surface area contributed by atoms with Gasteiger partial charge in [-0.1, -0.05) is 6.92 Å². The molecule has 0 aromatic carbocycles. The van der Waals surface area contributed by atoms with Crippen molar-refractivity contribution in [3.8, 4) is 0 Å². The minimum Gasteiger partial charge on any atom is -0.383 e. The van der Waals surface area contributed by atoms with Gasteiger partial charge in [-0.15, -0.1) is 0 Å². The van der Waals surface area contributed by atoms with Gasteiger partial charge in [0.1, 0.15) is 11.4 Å². The molecule has 2 rings (SSSR count). The van der Waals surface area contributed by atoms with Crippen LogP contribution in [0.2, 0.25) is 0 Å². The average Bonchev–Trinajstić information content (AvgIpc) is 2.56. The van der Waals surface area contributed by atoms with Crippen LogP contribution in [0.4, 0.5) is 5.82 Å². The van der Waals surface area contributed by atoms with Crippen molar-refractivity contribution >= 4 is 11.7 Å². The topological polar surface area (TPSA) is 75.0 Å². The highest BCUT2D eigenvalue weighted by Crippen LogP contribution is 2.19. The number of amides is 1. The zero-order valence-corrected chi connectivity index (χ0v) is 9.57. The van der Waals surface area contributed by atoms with E-state index >= 15 is 0 Å². The van der Waals surface area contributed by atoms with Crippen LogP contribution in [-0.2, 0) is 0 Å². The zero-order valence-electron chi connectivity index (χ0n) is 9.57. The van der Waals surface area contributed by atoms with Gasteiger partial charge in [0.25, 0.3) is 5.91 Å². The van der Waals surface area contributed by atoms with Crippen molar-refractivity contribution < 1.29 is 4.79 Å². The summed E-state index contributed by atoms with van der Waals surface area (Å²) >= 11 is 0. The number of aromatic amines is 1. The van der Waals surface area contributed by atoms with E-state index in [2.05, 4.69) is 17.1 Å². The third-order valence-corrected chi connectivity index (χ3v) is 3.20. The Morgan fingerprint density at radius 1 is 1.56 bits per heavy atom. The number of hydrogen-bond acceptors (Lipinski definition) is 3. The fourth-order valence-electron chi connectivity index (χ4n) is 2.10. The standard InChI is InChI=1S/C11H18N4O/c1-8-3-2-5-15(6-4-8)11(16)9-7-13-14-10(9)12/h7-8H,2-6H2,1H3,(H3,12,13,14). The molecular weight excluding hydrogens is 204 g/mol. The smallest absolute Gasteiger partial charge is 0.259 e. The summed E-state index contributed by atoms with van der Waals surface area (Å²) in [5, 5.41) is 6.37. The van der Waals surface area contributed by atoms with Crippen molar-refractivity contribution in [1.82, 2.24) is 15.1 Å². The summed E-state index contributed by atoms with van der Waals surface area (Å²) in [6.07, 6.45) is 4.85. The van der Waals surface area contributed by atoms with Gasteiger partial charge < -0.3 is 10.6 Å². The van der Waals surface area contributed by atoms with E-state index in [-0.39, 0.29) is 5.91 Å². The molecule has 16 heavy (non-hydrogen) atoms. The van der Waals surface area contributed by atoms with E-state index < -0.39 is 0 Å². The summed E-state index contributed by atoms with van der Waals surface area (Å²) < 4.78 is 0. The monoisotopic (exact) mass is 222 g/mol. The molecule has 1 atom stereocenters. The molecule has 0 bridgehead atoms. The van der Waals surface area contributed by atoms with E-state index in [0.717, 1.165) is 25.9 Å². The molecule has 1 aromatic rings. The van der Waals surface area contributed by atoms with Crippen LogP contribution in [0, 0.1) is 5.92 Å². The molecule has 0 aliphatic carbocycles. The van der Waals surface area contributed by atoms with Crippen molar-refractivity contribution in [3.63, 3.8) is 0 Å². The third kappa shape index (κ3) is 2.18. The number of nitrogens with zero attached hydrogens (tertiary/aromatic N) is 2. The van der Waals surface area contributed by atoms with Crippen LogP contribution in [0.5, 0.6) is 0 Å². The fourth-order valence-corrected chi connectivity index (χ4v) is 2.10. The number of nitrogens with one attached hydrogen (secondary N) is 1. The number of H-pyrrole nitrogens is 1. The van der Waals surface area contributed by atoms with Gasteiger partial charge in [0.05, 0.1) is 6.20 Å². The van der Waals surface area contributed by atoms with Crippen LogP contribution >= 0.6 is 0 Å². The van der Waals surface area contributed by atoms with Gasteiger partial charge in [-0.25, -0.2) is 0 Å². The van der Waals surface area contributed by atoms with Crippen LogP contribution in [0.25, 0.3) is 0 Å². The SMILES string of the molecule is CC1CCCN(C(=O)c2cn[nH]c2N)CC1. The third-order valence-electron chi connectivity index (χ3n) is 3.20. The Morgan fingerprint density at radius 2 is 2.38 bits per heavy atom. The molecule has 1 amide bonds. The van der Waals surface area contributed by atoms with Gasteiger partial charge in [-0.2, -0.15) is 5.10 Å². The van der Waals surface area contributed by atoms with Gasteiger partial charge in [0, 0.05) is 13.1 Å². The predicted octanol–water partition coefficient (Wildman–Crippen LogP) is 1.25. The molecule has 5 nitrogen and oxygen atoms in total. The number of likely N-dealkylation sites (tertiary alicyclic amines) is 1. The molecule has 1 aliphatic heterocycles. The normalized spacial score (nSPS) is 21.8. The predicted molar refractivity (Wildman–Crippen MR) is 61.9 cm³/mol. The first-order valence-corrected chi connectivity index (χ1v) is 5.76. The molecule has 88 valence electrons.